The normalized spacial score (nSPS) is 11.1. The van der Waals surface area contributed by atoms with Crippen molar-refractivity contribution in [2.24, 2.45) is 0 Å². The van der Waals surface area contributed by atoms with Gasteiger partial charge in [0.1, 0.15) is 11.6 Å². The first-order chi connectivity index (χ1) is 14.0. The zero-order chi connectivity index (χ0) is 20.8. The number of para-hydroxylation sites is 1. The third-order valence-electron chi connectivity index (χ3n) is 4.12. The van der Waals surface area contributed by atoms with Crippen molar-refractivity contribution in [3.8, 4) is 5.75 Å². The van der Waals surface area contributed by atoms with Crippen LogP contribution in [0.15, 0.2) is 35.6 Å². The monoisotopic (exact) mass is 414 g/mol. The van der Waals surface area contributed by atoms with E-state index in [1.807, 2.05) is 25.3 Å². The van der Waals surface area contributed by atoms with Crippen LogP contribution in [-0.2, 0) is 6.54 Å². The molecular weight excluding hydrogens is 388 g/mol. The second kappa shape index (κ2) is 9.60. The van der Waals surface area contributed by atoms with Crippen molar-refractivity contribution >= 4 is 34.5 Å². The average molecular weight is 415 g/mol. The first kappa shape index (κ1) is 20.9. The first-order valence-corrected chi connectivity index (χ1v) is 10.8. The molecule has 2 aromatic heterocycles. The van der Waals surface area contributed by atoms with E-state index in [1.54, 1.807) is 23.0 Å². The van der Waals surface area contributed by atoms with Crippen molar-refractivity contribution in [1.29, 1.82) is 0 Å². The van der Waals surface area contributed by atoms with E-state index in [0.717, 1.165) is 16.9 Å². The van der Waals surface area contributed by atoms with Crippen molar-refractivity contribution in [2.45, 2.75) is 38.5 Å². The summed E-state index contributed by atoms with van der Waals surface area (Å²) in [6.07, 6.45) is 3.70. The van der Waals surface area contributed by atoms with Gasteiger partial charge in [-0.2, -0.15) is 5.10 Å². The Balaban J connectivity index is 1.73. The van der Waals surface area contributed by atoms with E-state index >= 15 is 0 Å². The number of amides is 1. The number of hydrogen-bond acceptors (Lipinski definition) is 7. The Labute approximate surface area is 174 Å². The quantitative estimate of drug-likeness (QED) is 0.410. The van der Waals surface area contributed by atoms with Gasteiger partial charge in [0.2, 0.25) is 0 Å². The molecule has 2 N–H and O–H groups in total. The molecule has 3 aromatic rings. The minimum absolute atomic E-state index is 0.174. The molecule has 154 valence electrons. The summed E-state index contributed by atoms with van der Waals surface area (Å²) in [5, 5.41) is 12.3. The van der Waals surface area contributed by atoms with Gasteiger partial charge in [0.25, 0.3) is 5.91 Å². The summed E-state index contributed by atoms with van der Waals surface area (Å²) in [7, 11) is 0. The minimum atomic E-state index is -0.174. The first-order valence-electron chi connectivity index (χ1n) is 9.57. The number of aromatic nitrogens is 4. The molecule has 0 atom stereocenters. The molecule has 0 aliphatic carbocycles. The molecule has 2 heterocycles. The Morgan fingerprint density at radius 2 is 2.07 bits per heavy atom. The fourth-order valence-electron chi connectivity index (χ4n) is 2.88. The van der Waals surface area contributed by atoms with Gasteiger partial charge >= 0.3 is 0 Å². The molecule has 0 saturated carbocycles. The van der Waals surface area contributed by atoms with Crippen molar-refractivity contribution in [3.63, 3.8) is 0 Å². The molecule has 0 aliphatic heterocycles. The van der Waals surface area contributed by atoms with Gasteiger partial charge in [-0.1, -0.05) is 23.9 Å². The highest BCUT2D eigenvalue weighted by Gasteiger charge is 2.15. The van der Waals surface area contributed by atoms with Crippen LogP contribution >= 0.6 is 11.8 Å². The van der Waals surface area contributed by atoms with Crippen LogP contribution in [0, 0.1) is 0 Å². The Bertz CT molecular complexity index is 988. The molecule has 0 aliphatic rings. The number of thioether (sulfide) groups is 1. The van der Waals surface area contributed by atoms with Crippen molar-refractivity contribution in [2.75, 3.05) is 24.7 Å². The Morgan fingerprint density at radius 3 is 2.79 bits per heavy atom. The number of ether oxygens (including phenoxy) is 1. The lowest BCUT2D eigenvalue weighted by Crippen LogP contribution is -2.28. The van der Waals surface area contributed by atoms with Crippen molar-refractivity contribution < 1.29 is 9.53 Å². The van der Waals surface area contributed by atoms with Crippen LogP contribution in [0.5, 0.6) is 5.75 Å². The molecule has 0 saturated heterocycles. The van der Waals surface area contributed by atoms with Gasteiger partial charge in [0, 0.05) is 12.6 Å². The van der Waals surface area contributed by atoms with E-state index in [2.05, 4.69) is 39.5 Å². The number of fused-ring (bicyclic) bond motifs is 1. The van der Waals surface area contributed by atoms with Crippen LogP contribution < -0.4 is 15.4 Å². The maximum atomic E-state index is 12.5. The van der Waals surface area contributed by atoms with E-state index in [0.29, 0.717) is 36.2 Å². The topological polar surface area (TPSA) is 94.0 Å². The molecule has 0 bridgehead atoms. The summed E-state index contributed by atoms with van der Waals surface area (Å²) in [4.78, 5) is 21.7. The van der Waals surface area contributed by atoms with E-state index in [4.69, 9.17) is 4.74 Å². The molecule has 8 nitrogen and oxygen atoms in total. The number of nitrogens with one attached hydrogen (secondary N) is 2. The van der Waals surface area contributed by atoms with E-state index < -0.39 is 0 Å². The molecule has 0 radical (unpaired) electrons. The van der Waals surface area contributed by atoms with Crippen molar-refractivity contribution in [3.05, 3.63) is 36.0 Å². The predicted octanol–water partition coefficient (Wildman–Crippen LogP) is 3.20. The molecule has 1 aromatic carbocycles. The van der Waals surface area contributed by atoms with Crippen LogP contribution in [0.25, 0.3) is 11.0 Å². The minimum Gasteiger partial charge on any atom is -0.493 e. The largest absolute Gasteiger partial charge is 0.493 e. The average Bonchev–Trinajstić information content (AvgIpc) is 3.11. The summed E-state index contributed by atoms with van der Waals surface area (Å²) in [5.41, 5.74) is 1.27. The highest BCUT2D eigenvalue weighted by Crippen LogP contribution is 2.24. The van der Waals surface area contributed by atoms with Gasteiger partial charge < -0.3 is 15.4 Å². The summed E-state index contributed by atoms with van der Waals surface area (Å²) < 4.78 is 7.32. The molecule has 3 rings (SSSR count). The number of hydrogen-bond donors (Lipinski definition) is 2. The number of anilines is 1. The Hall–Kier alpha value is -2.81. The lowest BCUT2D eigenvalue weighted by molar-refractivity contribution is 0.0948. The van der Waals surface area contributed by atoms with Gasteiger partial charge in [-0.05, 0) is 39.2 Å². The number of nitrogens with zero attached hydrogens (tertiary/aromatic N) is 4. The summed E-state index contributed by atoms with van der Waals surface area (Å²) in [5.74, 6) is 1.18. The maximum absolute atomic E-state index is 12.5. The highest BCUT2D eigenvalue weighted by atomic mass is 32.2. The SMILES string of the molecule is CCOc1ccccc1C(=O)NCCn1ncc2c(NC(C)C)nc(SC)nc21. The lowest BCUT2D eigenvalue weighted by Gasteiger charge is -2.12. The molecule has 0 unspecified atom stereocenters. The van der Waals surface area contributed by atoms with E-state index in [9.17, 15) is 4.79 Å². The number of benzene rings is 1. The molecule has 9 heteroatoms. The highest BCUT2D eigenvalue weighted by molar-refractivity contribution is 7.98. The summed E-state index contributed by atoms with van der Waals surface area (Å²) >= 11 is 1.48. The second-order valence-corrected chi connectivity index (χ2v) is 7.42. The number of rotatable bonds is 9. The summed E-state index contributed by atoms with van der Waals surface area (Å²) in [6, 6.07) is 7.47. The van der Waals surface area contributed by atoms with Gasteiger partial charge in [0.15, 0.2) is 10.8 Å². The van der Waals surface area contributed by atoms with E-state index in [-0.39, 0.29) is 11.9 Å². The van der Waals surface area contributed by atoms with Gasteiger partial charge in [-0.15, -0.1) is 0 Å². The fourth-order valence-corrected chi connectivity index (χ4v) is 3.24. The van der Waals surface area contributed by atoms with Gasteiger partial charge in [-0.25, -0.2) is 14.6 Å². The zero-order valence-corrected chi connectivity index (χ0v) is 17.9. The third-order valence-corrected chi connectivity index (χ3v) is 4.67. The zero-order valence-electron chi connectivity index (χ0n) is 17.1. The van der Waals surface area contributed by atoms with Crippen LogP contribution in [-0.4, -0.2) is 51.1 Å². The molecule has 0 spiro atoms. The van der Waals surface area contributed by atoms with Crippen LogP contribution in [0.3, 0.4) is 0 Å². The van der Waals surface area contributed by atoms with Crippen molar-refractivity contribution in [1.82, 2.24) is 25.1 Å². The maximum Gasteiger partial charge on any atom is 0.255 e. The molecule has 1 amide bonds. The summed E-state index contributed by atoms with van der Waals surface area (Å²) in [6.45, 7) is 7.44. The van der Waals surface area contributed by atoms with Crippen LogP contribution in [0.4, 0.5) is 5.82 Å². The Morgan fingerprint density at radius 1 is 1.28 bits per heavy atom. The third kappa shape index (κ3) is 4.97. The fraction of sp³-hybridized carbons (Fsp3) is 0.400. The standard InChI is InChI=1S/C20H26N6O2S/c1-5-28-16-9-7-6-8-14(16)19(27)21-10-11-26-18-15(12-22-26)17(23-13(2)3)24-20(25-18)29-4/h6-9,12-13H,5,10-11H2,1-4H3,(H,21,27)(H,23,24,25). The second-order valence-electron chi connectivity index (χ2n) is 6.65. The van der Waals surface area contributed by atoms with Crippen LogP contribution in [0.2, 0.25) is 0 Å². The van der Waals surface area contributed by atoms with Crippen LogP contribution in [0.1, 0.15) is 31.1 Å². The predicted molar refractivity (Wildman–Crippen MR) is 116 cm³/mol. The van der Waals surface area contributed by atoms with Gasteiger partial charge in [0.05, 0.1) is 30.3 Å². The molecular formula is C20H26N6O2S. The smallest absolute Gasteiger partial charge is 0.255 e. The molecule has 29 heavy (non-hydrogen) atoms. The number of carbonyl (C=O) groups is 1. The lowest BCUT2D eigenvalue weighted by atomic mass is 10.2. The van der Waals surface area contributed by atoms with E-state index in [1.165, 1.54) is 11.8 Å². The van der Waals surface area contributed by atoms with Gasteiger partial charge in [-0.3, -0.25) is 4.79 Å². The number of carbonyl (C=O) groups excluding carboxylic acids is 1. The Kier molecular flexibility index (Phi) is 6.92. The molecule has 0 fully saturated rings.